The van der Waals surface area contributed by atoms with Crippen molar-refractivity contribution in [2.75, 3.05) is 25.0 Å². The number of ether oxygens (including phenoxy) is 1. The van der Waals surface area contributed by atoms with Gasteiger partial charge in [0.15, 0.2) is 0 Å². The number of carbonyl (C=O) groups is 1. The van der Waals surface area contributed by atoms with Crippen molar-refractivity contribution in [1.82, 2.24) is 5.32 Å². The van der Waals surface area contributed by atoms with E-state index >= 15 is 0 Å². The summed E-state index contributed by atoms with van der Waals surface area (Å²) in [6.45, 7) is -1.85. The minimum absolute atomic E-state index is 0.0333. The summed E-state index contributed by atoms with van der Waals surface area (Å²) < 4.78 is 28.6. The van der Waals surface area contributed by atoms with Crippen LogP contribution in [-0.4, -0.2) is 32.7 Å². The zero-order chi connectivity index (χ0) is 16.7. The number of benzene rings is 2. The number of halogens is 2. The standard InChI is InChI=1S/C17H18F2N2O2/c1-21(14-7-3-2-4-8-14)11-10-20-16(22)13-6-5-9-15(12-13)23-17(18)19/h2-9,12,17H,10-11H2,1H3,(H,20,22). The predicted octanol–water partition coefficient (Wildman–Crippen LogP) is 3.15. The van der Waals surface area contributed by atoms with Crippen molar-refractivity contribution >= 4 is 11.6 Å². The lowest BCUT2D eigenvalue weighted by Crippen LogP contribution is -2.32. The number of anilines is 1. The number of alkyl halides is 2. The van der Waals surface area contributed by atoms with Crippen LogP contribution in [0.4, 0.5) is 14.5 Å². The van der Waals surface area contributed by atoms with Crippen molar-refractivity contribution in [3.63, 3.8) is 0 Å². The number of nitrogens with one attached hydrogen (secondary N) is 1. The summed E-state index contributed by atoms with van der Waals surface area (Å²) in [7, 11) is 1.93. The van der Waals surface area contributed by atoms with Crippen LogP contribution in [0.15, 0.2) is 54.6 Å². The zero-order valence-electron chi connectivity index (χ0n) is 12.7. The topological polar surface area (TPSA) is 41.6 Å². The van der Waals surface area contributed by atoms with Gasteiger partial charge in [-0.1, -0.05) is 24.3 Å². The lowest BCUT2D eigenvalue weighted by Gasteiger charge is -2.19. The molecule has 2 aromatic carbocycles. The normalized spacial score (nSPS) is 10.4. The lowest BCUT2D eigenvalue weighted by molar-refractivity contribution is -0.0498. The molecule has 4 nitrogen and oxygen atoms in total. The Morgan fingerprint density at radius 2 is 1.91 bits per heavy atom. The van der Waals surface area contributed by atoms with Gasteiger partial charge in [0.05, 0.1) is 0 Å². The Labute approximate surface area is 133 Å². The molecular formula is C17H18F2N2O2. The van der Waals surface area contributed by atoms with Gasteiger partial charge < -0.3 is 15.0 Å². The Balaban J connectivity index is 1.85. The van der Waals surface area contributed by atoms with Gasteiger partial charge in [-0.2, -0.15) is 8.78 Å². The highest BCUT2D eigenvalue weighted by molar-refractivity contribution is 5.94. The van der Waals surface area contributed by atoms with Gasteiger partial charge >= 0.3 is 6.61 Å². The Morgan fingerprint density at radius 1 is 1.17 bits per heavy atom. The van der Waals surface area contributed by atoms with Crippen LogP contribution in [0, 0.1) is 0 Å². The van der Waals surface area contributed by atoms with E-state index in [0.717, 1.165) is 5.69 Å². The molecule has 0 saturated heterocycles. The Bertz CT molecular complexity index is 636. The summed E-state index contributed by atoms with van der Waals surface area (Å²) in [4.78, 5) is 14.0. The van der Waals surface area contributed by atoms with E-state index in [2.05, 4.69) is 10.1 Å². The van der Waals surface area contributed by atoms with Crippen LogP contribution in [-0.2, 0) is 0 Å². The van der Waals surface area contributed by atoms with Crippen LogP contribution >= 0.6 is 0 Å². The average molecular weight is 320 g/mol. The molecule has 23 heavy (non-hydrogen) atoms. The van der Waals surface area contributed by atoms with E-state index in [9.17, 15) is 13.6 Å². The monoisotopic (exact) mass is 320 g/mol. The molecule has 0 saturated carbocycles. The van der Waals surface area contributed by atoms with Gasteiger partial charge in [-0.15, -0.1) is 0 Å². The third-order valence-corrected chi connectivity index (χ3v) is 3.25. The highest BCUT2D eigenvalue weighted by Gasteiger charge is 2.09. The highest BCUT2D eigenvalue weighted by Crippen LogP contribution is 2.16. The summed E-state index contributed by atoms with van der Waals surface area (Å²) >= 11 is 0. The van der Waals surface area contributed by atoms with Crippen LogP contribution in [0.1, 0.15) is 10.4 Å². The molecule has 0 atom stereocenters. The molecule has 0 heterocycles. The molecule has 1 N–H and O–H groups in total. The largest absolute Gasteiger partial charge is 0.435 e. The fourth-order valence-electron chi connectivity index (χ4n) is 2.06. The van der Waals surface area contributed by atoms with Gasteiger partial charge in [0.2, 0.25) is 0 Å². The molecule has 1 amide bonds. The van der Waals surface area contributed by atoms with E-state index in [4.69, 9.17) is 0 Å². The molecule has 0 aromatic heterocycles. The molecule has 122 valence electrons. The average Bonchev–Trinajstić information content (AvgIpc) is 2.55. The van der Waals surface area contributed by atoms with Gasteiger partial charge in [0.25, 0.3) is 5.91 Å². The second-order valence-electron chi connectivity index (χ2n) is 4.92. The van der Waals surface area contributed by atoms with Crippen molar-refractivity contribution in [3.05, 3.63) is 60.2 Å². The molecule has 2 rings (SSSR count). The molecule has 0 unspecified atom stereocenters. The number of nitrogens with zero attached hydrogens (tertiary/aromatic N) is 1. The molecule has 0 aliphatic rings. The van der Waals surface area contributed by atoms with E-state index in [1.807, 2.05) is 42.3 Å². The number of amides is 1. The molecule has 0 spiro atoms. The van der Waals surface area contributed by atoms with E-state index in [1.165, 1.54) is 18.2 Å². The van der Waals surface area contributed by atoms with Gasteiger partial charge in [-0.25, -0.2) is 0 Å². The third-order valence-electron chi connectivity index (χ3n) is 3.25. The molecular weight excluding hydrogens is 302 g/mol. The third kappa shape index (κ3) is 5.25. The first-order chi connectivity index (χ1) is 11.1. The summed E-state index contributed by atoms with van der Waals surface area (Å²) in [5, 5.41) is 2.76. The Kier molecular flexibility index (Phi) is 5.91. The quantitative estimate of drug-likeness (QED) is 0.852. The number of rotatable bonds is 7. The van der Waals surface area contributed by atoms with Crippen molar-refractivity contribution in [3.8, 4) is 5.75 Å². The van der Waals surface area contributed by atoms with E-state index < -0.39 is 6.61 Å². The van der Waals surface area contributed by atoms with Crippen molar-refractivity contribution in [1.29, 1.82) is 0 Å². The maximum absolute atomic E-state index is 12.2. The molecule has 0 fully saturated rings. The van der Waals surface area contributed by atoms with Gasteiger partial charge in [0.1, 0.15) is 5.75 Å². The predicted molar refractivity (Wildman–Crippen MR) is 85.1 cm³/mol. The Morgan fingerprint density at radius 3 is 2.61 bits per heavy atom. The second-order valence-corrected chi connectivity index (χ2v) is 4.92. The highest BCUT2D eigenvalue weighted by atomic mass is 19.3. The van der Waals surface area contributed by atoms with E-state index in [-0.39, 0.29) is 17.2 Å². The number of hydrogen-bond acceptors (Lipinski definition) is 3. The minimum Gasteiger partial charge on any atom is -0.435 e. The maximum atomic E-state index is 12.2. The summed E-state index contributed by atoms with van der Waals surface area (Å²) in [6, 6.07) is 15.5. The summed E-state index contributed by atoms with van der Waals surface area (Å²) in [5.74, 6) is -0.361. The summed E-state index contributed by atoms with van der Waals surface area (Å²) in [6.07, 6.45) is 0. The van der Waals surface area contributed by atoms with Crippen LogP contribution in [0.25, 0.3) is 0 Å². The smallest absolute Gasteiger partial charge is 0.387 e. The van der Waals surface area contributed by atoms with Crippen LogP contribution < -0.4 is 15.0 Å². The fourth-order valence-corrected chi connectivity index (χ4v) is 2.06. The first-order valence-electron chi connectivity index (χ1n) is 7.15. The van der Waals surface area contributed by atoms with Gasteiger partial charge in [-0.3, -0.25) is 4.79 Å². The zero-order valence-corrected chi connectivity index (χ0v) is 12.7. The van der Waals surface area contributed by atoms with Gasteiger partial charge in [-0.05, 0) is 30.3 Å². The SMILES string of the molecule is CN(CCNC(=O)c1cccc(OC(F)F)c1)c1ccccc1. The van der Waals surface area contributed by atoms with Crippen LogP contribution in [0.5, 0.6) is 5.75 Å². The first kappa shape index (κ1) is 16.7. The van der Waals surface area contributed by atoms with E-state index in [1.54, 1.807) is 6.07 Å². The summed E-state index contributed by atoms with van der Waals surface area (Å²) in [5.41, 5.74) is 1.33. The molecule has 0 aliphatic heterocycles. The molecule has 0 radical (unpaired) electrons. The number of carbonyl (C=O) groups excluding carboxylic acids is 1. The molecule has 6 heteroatoms. The minimum atomic E-state index is -2.91. The Hall–Kier alpha value is -2.63. The maximum Gasteiger partial charge on any atom is 0.387 e. The lowest BCUT2D eigenvalue weighted by atomic mass is 10.2. The van der Waals surface area contributed by atoms with Crippen LogP contribution in [0.3, 0.4) is 0 Å². The molecule has 0 bridgehead atoms. The molecule has 0 aliphatic carbocycles. The number of likely N-dealkylation sites (N-methyl/N-ethyl adjacent to an activating group) is 1. The van der Waals surface area contributed by atoms with Crippen LogP contribution in [0.2, 0.25) is 0 Å². The van der Waals surface area contributed by atoms with Crippen molar-refractivity contribution in [2.24, 2.45) is 0 Å². The molecule has 2 aromatic rings. The second kappa shape index (κ2) is 8.12. The van der Waals surface area contributed by atoms with E-state index in [0.29, 0.717) is 13.1 Å². The fraction of sp³-hybridized carbons (Fsp3) is 0.235. The first-order valence-corrected chi connectivity index (χ1v) is 7.15. The van der Waals surface area contributed by atoms with Crippen molar-refractivity contribution in [2.45, 2.75) is 6.61 Å². The number of hydrogen-bond donors (Lipinski definition) is 1. The van der Waals surface area contributed by atoms with Gasteiger partial charge in [0, 0.05) is 31.4 Å². The van der Waals surface area contributed by atoms with Crippen molar-refractivity contribution < 1.29 is 18.3 Å². The number of para-hydroxylation sites is 1.